The predicted octanol–water partition coefficient (Wildman–Crippen LogP) is 11.1. The maximum absolute atomic E-state index is 6.46. The first kappa shape index (κ1) is 24.0. The monoisotopic (exact) mass is 549 g/mol. The van der Waals surface area contributed by atoms with Crippen LogP contribution in [0.25, 0.3) is 71.3 Å². The van der Waals surface area contributed by atoms with Crippen LogP contribution < -0.4 is 0 Å². The molecule has 9 aromatic rings. The van der Waals surface area contributed by atoms with Gasteiger partial charge in [0.05, 0.1) is 11.0 Å². The molecule has 0 unspecified atom stereocenters. The van der Waals surface area contributed by atoms with Gasteiger partial charge in [0.25, 0.3) is 0 Å². The molecule has 0 aliphatic rings. The highest BCUT2D eigenvalue weighted by molar-refractivity contribution is 6.19. The second kappa shape index (κ2) is 9.47. The van der Waals surface area contributed by atoms with Crippen molar-refractivity contribution < 1.29 is 4.42 Å². The van der Waals surface area contributed by atoms with Gasteiger partial charge in [0.15, 0.2) is 0 Å². The fraction of sp³-hybridized carbons (Fsp3) is 0.0244. The lowest BCUT2D eigenvalue weighted by atomic mass is 9.95. The Bertz CT molecular complexity index is 2420. The van der Waals surface area contributed by atoms with E-state index < -0.39 is 0 Å². The molecule has 0 aliphatic heterocycles. The number of hydrogen-bond acceptors (Lipinski definition) is 1. The molecule has 0 atom stereocenters. The topological polar surface area (TPSA) is 18.1 Å². The molecule has 2 heterocycles. The Morgan fingerprint density at radius 1 is 0.488 bits per heavy atom. The first-order valence-electron chi connectivity index (χ1n) is 14.8. The minimum absolute atomic E-state index is 0.808. The van der Waals surface area contributed by atoms with Crippen molar-refractivity contribution in [1.29, 1.82) is 0 Å². The van der Waals surface area contributed by atoms with E-state index in [1.54, 1.807) is 0 Å². The quantitative estimate of drug-likeness (QED) is 0.213. The third-order valence-corrected chi connectivity index (χ3v) is 8.81. The zero-order valence-corrected chi connectivity index (χ0v) is 23.5. The van der Waals surface area contributed by atoms with Crippen LogP contribution in [0, 0.1) is 0 Å². The summed E-state index contributed by atoms with van der Waals surface area (Å²) in [6, 6.07) is 54.5. The van der Waals surface area contributed by atoms with Crippen molar-refractivity contribution in [2.75, 3.05) is 0 Å². The van der Waals surface area contributed by atoms with Crippen LogP contribution in [-0.4, -0.2) is 4.57 Å². The molecule has 0 saturated carbocycles. The Morgan fingerprint density at radius 2 is 1.14 bits per heavy atom. The van der Waals surface area contributed by atoms with Crippen LogP contribution in [-0.2, 0) is 6.42 Å². The van der Waals surface area contributed by atoms with Gasteiger partial charge >= 0.3 is 0 Å². The number of nitrogens with zero attached hydrogens (tertiary/aromatic N) is 1. The van der Waals surface area contributed by atoms with E-state index >= 15 is 0 Å². The molecule has 2 heteroatoms. The van der Waals surface area contributed by atoms with Gasteiger partial charge in [-0.25, -0.2) is 0 Å². The Kier molecular flexibility index (Phi) is 5.30. The Balaban J connectivity index is 1.10. The first-order chi connectivity index (χ1) is 21.3. The van der Waals surface area contributed by atoms with Crippen molar-refractivity contribution >= 4 is 54.5 Å². The summed E-state index contributed by atoms with van der Waals surface area (Å²) in [5, 5.41) is 7.43. The molecule has 9 rings (SSSR count). The molecule has 2 aromatic heterocycles. The average Bonchev–Trinajstić information content (AvgIpc) is 3.62. The second-order valence-electron chi connectivity index (χ2n) is 11.4. The number of aromatic nitrogens is 1. The molecule has 2 nitrogen and oxygen atoms in total. The number of para-hydroxylation sites is 3. The lowest BCUT2D eigenvalue weighted by Crippen LogP contribution is -1.94. The molecular weight excluding hydrogens is 522 g/mol. The van der Waals surface area contributed by atoms with E-state index in [-0.39, 0.29) is 0 Å². The minimum atomic E-state index is 0.808. The van der Waals surface area contributed by atoms with Crippen LogP contribution in [0.2, 0.25) is 0 Å². The predicted molar refractivity (Wildman–Crippen MR) is 180 cm³/mol. The zero-order valence-electron chi connectivity index (χ0n) is 23.5. The fourth-order valence-corrected chi connectivity index (χ4v) is 6.83. The van der Waals surface area contributed by atoms with E-state index in [0.717, 1.165) is 17.6 Å². The van der Waals surface area contributed by atoms with Gasteiger partial charge < -0.3 is 8.98 Å². The number of furan rings is 1. The zero-order chi connectivity index (χ0) is 28.3. The highest BCUT2D eigenvalue weighted by Gasteiger charge is 2.16. The van der Waals surface area contributed by atoms with E-state index in [9.17, 15) is 0 Å². The summed E-state index contributed by atoms with van der Waals surface area (Å²) in [5.41, 5.74) is 10.4. The lowest BCUT2D eigenvalue weighted by molar-refractivity contribution is 0.664. The average molecular weight is 550 g/mol. The third kappa shape index (κ3) is 3.80. The van der Waals surface area contributed by atoms with Crippen molar-refractivity contribution in [1.82, 2.24) is 4.57 Å². The van der Waals surface area contributed by atoms with E-state index in [1.807, 2.05) is 6.07 Å². The highest BCUT2D eigenvalue weighted by atomic mass is 16.3. The molecule has 0 aliphatic carbocycles. The summed E-state index contributed by atoms with van der Waals surface area (Å²) in [5.74, 6) is 0. The summed E-state index contributed by atoms with van der Waals surface area (Å²) >= 11 is 0. The number of fused-ring (bicyclic) bond motifs is 8. The molecule has 0 fully saturated rings. The van der Waals surface area contributed by atoms with Crippen molar-refractivity contribution in [3.63, 3.8) is 0 Å². The van der Waals surface area contributed by atoms with Crippen molar-refractivity contribution in [3.8, 4) is 16.8 Å². The Labute approximate surface area is 249 Å². The van der Waals surface area contributed by atoms with Crippen molar-refractivity contribution in [2.45, 2.75) is 6.42 Å². The molecule has 0 amide bonds. The summed E-state index contributed by atoms with van der Waals surface area (Å²) in [6.45, 7) is 0. The Morgan fingerprint density at radius 3 is 1.91 bits per heavy atom. The van der Waals surface area contributed by atoms with E-state index in [2.05, 4.69) is 150 Å². The fourth-order valence-electron chi connectivity index (χ4n) is 6.83. The molecule has 0 spiro atoms. The maximum Gasteiger partial charge on any atom is 0.139 e. The van der Waals surface area contributed by atoms with Crippen LogP contribution >= 0.6 is 0 Å². The number of hydrogen-bond donors (Lipinski definition) is 0. The highest BCUT2D eigenvalue weighted by Crippen LogP contribution is 2.38. The van der Waals surface area contributed by atoms with Crippen LogP contribution in [0.4, 0.5) is 0 Å². The molecule has 202 valence electrons. The lowest BCUT2D eigenvalue weighted by Gasteiger charge is -2.11. The second-order valence-corrected chi connectivity index (χ2v) is 11.4. The maximum atomic E-state index is 6.46. The van der Waals surface area contributed by atoms with E-state index in [4.69, 9.17) is 4.42 Å². The van der Waals surface area contributed by atoms with Crippen molar-refractivity contribution in [2.24, 2.45) is 0 Å². The number of benzene rings is 7. The molecule has 43 heavy (non-hydrogen) atoms. The van der Waals surface area contributed by atoms with Crippen LogP contribution in [0.15, 0.2) is 156 Å². The summed E-state index contributed by atoms with van der Waals surface area (Å²) < 4.78 is 8.84. The van der Waals surface area contributed by atoms with Gasteiger partial charge in [-0.2, -0.15) is 0 Å². The summed E-state index contributed by atoms with van der Waals surface area (Å²) in [6.07, 6.45) is 0.808. The first-order valence-corrected chi connectivity index (χ1v) is 14.8. The standard InChI is InChI=1S/C41H27NO/c1-2-13-33-30(10-1)25-31(41-40(33)36-16-5-8-19-39(36)43-41)24-27-20-22-28(23-21-27)29-11-9-12-32(26-29)42-37-17-6-3-14-34(37)35-15-4-7-18-38(35)42/h1-23,25-26H,24H2. The Hall–Kier alpha value is -5.60. The SMILES string of the molecule is c1cc(-c2ccc(Cc3cc4ccccc4c4c3oc3ccccc34)cc2)cc(-n2c3ccccc3c3ccccc32)c1. The van der Waals surface area contributed by atoms with E-state index in [0.29, 0.717) is 0 Å². The van der Waals surface area contributed by atoms with Gasteiger partial charge in [-0.3, -0.25) is 0 Å². The van der Waals surface area contributed by atoms with Crippen molar-refractivity contribution in [3.05, 3.63) is 163 Å². The van der Waals surface area contributed by atoms with Gasteiger partial charge in [0.2, 0.25) is 0 Å². The largest absolute Gasteiger partial charge is 0.456 e. The van der Waals surface area contributed by atoms with Gasteiger partial charge in [-0.05, 0) is 63.9 Å². The molecule has 0 radical (unpaired) electrons. The smallest absolute Gasteiger partial charge is 0.139 e. The number of rotatable bonds is 4. The molecule has 0 bridgehead atoms. The molecule has 0 saturated heterocycles. The third-order valence-electron chi connectivity index (χ3n) is 8.81. The molecular formula is C41H27NO. The summed E-state index contributed by atoms with van der Waals surface area (Å²) in [7, 11) is 0. The van der Waals surface area contributed by atoms with Crippen LogP contribution in [0.5, 0.6) is 0 Å². The van der Waals surface area contributed by atoms with Gasteiger partial charge in [0, 0.05) is 39.2 Å². The summed E-state index contributed by atoms with van der Waals surface area (Å²) in [4.78, 5) is 0. The van der Waals surface area contributed by atoms with Gasteiger partial charge in [-0.15, -0.1) is 0 Å². The van der Waals surface area contributed by atoms with Crippen LogP contribution in [0.3, 0.4) is 0 Å². The van der Waals surface area contributed by atoms with Gasteiger partial charge in [-0.1, -0.05) is 115 Å². The molecule has 0 N–H and O–H groups in total. The molecule has 7 aromatic carbocycles. The van der Waals surface area contributed by atoms with Gasteiger partial charge in [0.1, 0.15) is 11.2 Å². The van der Waals surface area contributed by atoms with Crippen LogP contribution in [0.1, 0.15) is 11.1 Å². The normalized spacial score (nSPS) is 11.8. The minimum Gasteiger partial charge on any atom is -0.456 e. The van der Waals surface area contributed by atoms with E-state index in [1.165, 1.54) is 71.3 Å².